The molecule has 9 atom stereocenters. The first kappa shape index (κ1) is 55.1. The van der Waals surface area contributed by atoms with Crippen LogP contribution in [-0.4, -0.2) is 161 Å². The fraction of sp³-hybridized carbons (Fsp3) is 0.586. The number of carboxylic acids is 4. The average molecular weight is 941 g/mol. The van der Waals surface area contributed by atoms with Crippen LogP contribution in [0.3, 0.4) is 0 Å². The van der Waals surface area contributed by atoms with E-state index >= 15 is 0 Å². The molecule has 14 N–H and O–H groups in total. The maximum absolute atomic E-state index is 12.8. The first-order chi connectivity index (χ1) is 28.0. The molecule has 2 heterocycles. The van der Waals surface area contributed by atoms with Crippen molar-refractivity contribution >= 4 is 76.8 Å². The summed E-state index contributed by atoms with van der Waals surface area (Å²) in [5.41, 5.74) is 3.57. The van der Waals surface area contributed by atoms with Crippen molar-refractivity contribution < 1.29 is 117 Å². The van der Waals surface area contributed by atoms with E-state index in [2.05, 4.69) is 16.0 Å². The summed E-state index contributed by atoms with van der Waals surface area (Å²) in [6.45, 7) is -2.71. The Balaban J connectivity index is 0.0000186. The third kappa shape index (κ3) is 19.8. The smallest absolute Gasteiger partial charge is 0.766 e. The standard InChI is InChI=1S/C29H43N8O20PS2.Na/c30-12(27(49)50)1-3-17(38)33-14(24(47)31-7-20(41)42)10-59-60-11-15(25(48)32-8-21(43)44)34-18(39)4-2-13(28(51)52)36-58(54,55)56-9-16-22(45)23(46)26(57-16)37-6-5-19(40)35-29(37)53;/h5-6,12-16,22-23,26,45-46H,1-4,7-11,30H2,(H,31,47)(H,32,48)(H,33,38)(H,34,39)(H,41,42)(H,43,44)(H,49,50)(H,51,52)(H,35,40,53)(H2,36,54,55);/q;+1/p-1/t12-,13-,14?,15?,16?,22+,23+,26+;/m1./s1. The second-order valence-electron chi connectivity index (χ2n) is 12.4. The van der Waals surface area contributed by atoms with E-state index in [-0.39, 0.29) is 47.5 Å². The maximum atomic E-state index is 12.8. The molecule has 61 heavy (non-hydrogen) atoms. The molecule has 0 bridgehead atoms. The molecule has 4 unspecified atom stereocenters. The number of hydrogen-bond donors (Lipinski definition) is 13. The molecule has 1 aromatic heterocycles. The van der Waals surface area contributed by atoms with E-state index in [9.17, 15) is 72.7 Å². The van der Waals surface area contributed by atoms with Gasteiger partial charge < -0.3 is 71.8 Å². The number of amides is 4. The minimum absolute atomic E-state index is 0. The topological polar surface area (TPSA) is 458 Å². The summed E-state index contributed by atoms with van der Waals surface area (Å²) in [4.78, 5) is 133. The van der Waals surface area contributed by atoms with Gasteiger partial charge in [-0.05, 0) is 12.8 Å². The van der Waals surface area contributed by atoms with Gasteiger partial charge >= 0.3 is 59.1 Å². The number of nitrogens with zero attached hydrogens (tertiary/aromatic N) is 1. The van der Waals surface area contributed by atoms with E-state index in [1.54, 1.807) is 5.09 Å². The number of rotatable bonds is 27. The number of carbonyl (C=O) groups excluding carboxylic acids is 4. The van der Waals surface area contributed by atoms with Crippen molar-refractivity contribution in [2.45, 2.75) is 74.4 Å². The van der Waals surface area contributed by atoms with Crippen molar-refractivity contribution in [3.63, 3.8) is 0 Å². The number of aromatic nitrogens is 2. The van der Waals surface area contributed by atoms with Crippen molar-refractivity contribution in [3.8, 4) is 0 Å². The molecule has 0 radical (unpaired) electrons. The predicted octanol–water partition coefficient (Wildman–Crippen LogP) is -9.59. The molecule has 1 saturated heterocycles. The third-order valence-corrected chi connectivity index (χ3v) is 11.4. The average Bonchev–Trinajstić information content (AvgIpc) is 3.44. The normalized spacial score (nSPS) is 20.0. The van der Waals surface area contributed by atoms with Crippen LogP contribution < -0.4 is 77.8 Å². The molecule has 1 aliphatic heterocycles. The minimum atomic E-state index is -5.34. The Morgan fingerprint density at radius 2 is 1.36 bits per heavy atom. The SMILES string of the molecule is N[C@H](CCC(=O)NC(CSSCC(NC(=O)CC[C@@H](NP(=O)([O-])OCC1O[C@H](n2ccc(=O)[nH]c2=O)[C@@H](O)[C@H]1O)C(=O)O)C(=O)NCC(=O)O)C(=O)NCC(=O)O)C(=O)O.[Na+]. The predicted molar refractivity (Wildman–Crippen MR) is 200 cm³/mol. The van der Waals surface area contributed by atoms with E-state index in [1.165, 1.54) is 0 Å². The number of aliphatic hydroxyl groups excluding tert-OH is 2. The van der Waals surface area contributed by atoms with Gasteiger partial charge in [0.05, 0.1) is 6.61 Å². The molecule has 1 aliphatic rings. The fourth-order valence-corrected chi connectivity index (χ4v) is 8.12. The summed E-state index contributed by atoms with van der Waals surface area (Å²) in [6, 6.07) is -5.40. The Morgan fingerprint density at radius 3 is 1.82 bits per heavy atom. The van der Waals surface area contributed by atoms with Crippen LogP contribution in [-0.2, 0) is 52.2 Å². The molecule has 0 aromatic carbocycles. The van der Waals surface area contributed by atoms with Crippen LogP contribution in [0.25, 0.3) is 0 Å². The Kier molecular flexibility index (Phi) is 24.0. The van der Waals surface area contributed by atoms with E-state index in [4.69, 9.17) is 30.3 Å². The molecular weight excluding hydrogens is 898 g/mol. The molecule has 0 spiro atoms. The molecular formula is C29H42N8NaO20PS2. The number of H-pyrrole nitrogens is 1. The number of aliphatic hydroxyl groups is 2. The van der Waals surface area contributed by atoms with E-state index in [0.29, 0.717) is 4.57 Å². The molecule has 28 nitrogen and oxygen atoms in total. The number of aliphatic carboxylic acids is 4. The van der Waals surface area contributed by atoms with Gasteiger partial charge in [-0.3, -0.25) is 57.3 Å². The van der Waals surface area contributed by atoms with Crippen LogP contribution in [0.15, 0.2) is 21.9 Å². The van der Waals surface area contributed by atoms with E-state index < -0.39 is 154 Å². The van der Waals surface area contributed by atoms with Gasteiger partial charge in [-0.15, -0.1) is 0 Å². The zero-order chi connectivity index (χ0) is 45.3. The zero-order valence-electron chi connectivity index (χ0n) is 31.8. The van der Waals surface area contributed by atoms with Crippen LogP contribution in [0.1, 0.15) is 31.9 Å². The number of carbonyl (C=O) groups is 8. The summed E-state index contributed by atoms with van der Waals surface area (Å²) in [6.07, 6.45) is -8.06. The van der Waals surface area contributed by atoms with Crippen molar-refractivity contribution in [2.24, 2.45) is 5.73 Å². The first-order valence-corrected chi connectivity index (χ1v) is 21.1. The summed E-state index contributed by atoms with van der Waals surface area (Å²) < 4.78 is 23.4. The Hall–Kier alpha value is -3.91. The molecule has 4 amide bonds. The Morgan fingerprint density at radius 1 is 0.852 bits per heavy atom. The van der Waals surface area contributed by atoms with E-state index in [0.717, 1.165) is 33.9 Å². The molecule has 336 valence electrons. The molecule has 0 saturated carbocycles. The van der Waals surface area contributed by atoms with Gasteiger partial charge in [0, 0.05) is 36.6 Å². The summed E-state index contributed by atoms with van der Waals surface area (Å²) in [5, 5.41) is 67.4. The quantitative estimate of drug-likeness (QED) is 0.0169. The zero-order valence-corrected chi connectivity index (χ0v) is 36.4. The van der Waals surface area contributed by atoms with Crippen LogP contribution in [0.5, 0.6) is 0 Å². The fourth-order valence-electron chi connectivity index (χ4n) is 4.76. The van der Waals surface area contributed by atoms with Gasteiger partial charge in [-0.2, -0.15) is 0 Å². The van der Waals surface area contributed by atoms with Crippen LogP contribution in [0.4, 0.5) is 0 Å². The summed E-state index contributed by atoms with van der Waals surface area (Å²) in [5.74, 6) is -10.5. The van der Waals surface area contributed by atoms with Gasteiger partial charge in [0.1, 0.15) is 55.6 Å². The monoisotopic (exact) mass is 940 g/mol. The maximum Gasteiger partial charge on any atom is 1.00 e. The Bertz CT molecular complexity index is 1910. The van der Waals surface area contributed by atoms with Gasteiger partial charge in [-0.25, -0.2) is 9.88 Å². The molecule has 2 rings (SSSR count). The van der Waals surface area contributed by atoms with Crippen molar-refractivity contribution in [3.05, 3.63) is 33.1 Å². The minimum Gasteiger partial charge on any atom is -0.766 e. The van der Waals surface area contributed by atoms with Gasteiger partial charge in [0.25, 0.3) is 5.56 Å². The van der Waals surface area contributed by atoms with Gasteiger partial charge in [0.2, 0.25) is 31.4 Å². The molecule has 0 aliphatic carbocycles. The van der Waals surface area contributed by atoms with Gasteiger partial charge in [0.15, 0.2) is 6.23 Å². The summed E-state index contributed by atoms with van der Waals surface area (Å²) >= 11 is 0. The largest absolute Gasteiger partial charge is 1.00 e. The second kappa shape index (κ2) is 26.5. The van der Waals surface area contributed by atoms with Crippen molar-refractivity contribution in [1.29, 1.82) is 0 Å². The van der Waals surface area contributed by atoms with Gasteiger partial charge in [-0.1, -0.05) is 21.6 Å². The number of ether oxygens (including phenoxy) is 1. The summed E-state index contributed by atoms with van der Waals surface area (Å²) in [7, 11) is -3.70. The van der Waals surface area contributed by atoms with Crippen LogP contribution in [0, 0.1) is 0 Å². The van der Waals surface area contributed by atoms with Crippen LogP contribution >= 0.6 is 29.3 Å². The Labute approximate surface area is 372 Å². The van der Waals surface area contributed by atoms with Crippen LogP contribution in [0.2, 0.25) is 0 Å². The number of nitrogens with two attached hydrogens (primary N) is 1. The number of aromatic amines is 1. The molecule has 1 aromatic rings. The number of carboxylic acid groups (broad SMARTS) is 4. The van der Waals surface area contributed by atoms with Crippen molar-refractivity contribution in [1.82, 2.24) is 35.9 Å². The second-order valence-corrected chi connectivity index (χ2v) is 16.5. The first-order valence-electron chi connectivity index (χ1n) is 17.1. The number of hydrogen-bond acceptors (Lipinski definition) is 19. The molecule has 32 heteroatoms. The molecule has 1 fully saturated rings. The third-order valence-electron chi connectivity index (χ3n) is 7.83. The van der Waals surface area contributed by atoms with Crippen molar-refractivity contribution in [2.75, 3.05) is 31.2 Å². The number of nitrogens with one attached hydrogen (secondary N) is 6. The van der Waals surface area contributed by atoms with E-state index in [1.807, 2.05) is 10.3 Å².